The van der Waals surface area contributed by atoms with E-state index in [4.69, 9.17) is 9.47 Å². The van der Waals surface area contributed by atoms with E-state index in [1.54, 1.807) is 0 Å². The number of halogens is 1. The van der Waals surface area contributed by atoms with Crippen LogP contribution in [0, 0.1) is 6.92 Å². The lowest BCUT2D eigenvalue weighted by atomic mass is 10.1. The molecule has 3 nitrogen and oxygen atoms in total. The molecule has 5 rings (SSSR count). The van der Waals surface area contributed by atoms with E-state index in [1.807, 2.05) is 36.4 Å². The normalized spacial score (nSPS) is 13.4. The van der Waals surface area contributed by atoms with Gasteiger partial charge >= 0.3 is 0 Å². The van der Waals surface area contributed by atoms with Crippen molar-refractivity contribution >= 4 is 33.0 Å². The number of fused-ring (bicyclic) bond motifs is 4. The van der Waals surface area contributed by atoms with Gasteiger partial charge in [0.15, 0.2) is 23.0 Å². The molecule has 0 atom stereocenters. The fraction of sp³-hybridized carbons (Fsp3) is 0.0526. The monoisotopic (exact) mass is 365 g/mol. The summed E-state index contributed by atoms with van der Waals surface area (Å²) in [5, 5.41) is 0. The van der Waals surface area contributed by atoms with Crippen LogP contribution in [-0.2, 0) is 0 Å². The first-order chi connectivity index (χ1) is 11.2. The first kappa shape index (κ1) is 13.0. The Labute approximate surface area is 142 Å². The van der Waals surface area contributed by atoms with Gasteiger partial charge < -0.3 is 9.47 Å². The molecule has 23 heavy (non-hydrogen) atoms. The molecule has 0 saturated carbocycles. The van der Waals surface area contributed by atoms with E-state index in [0.29, 0.717) is 0 Å². The zero-order valence-electron chi connectivity index (χ0n) is 12.3. The third-order valence-corrected chi connectivity index (χ3v) is 4.59. The summed E-state index contributed by atoms with van der Waals surface area (Å²) in [6, 6.07) is 18.3. The smallest absolute Gasteiger partial charge is 0.156 e. The number of ether oxygens (including phenoxy) is 2. The van der Waals surface area contributed by atoms with Gasteiger partial charge in [-0.3, -0.25) is 4.90 Å². The second kappa shape index (κ2) is 4.52. The molecule has 0 aromatic heterocycles. The number of para-hydroxylation sites is 2. The lowest BCUT2D eigenvalue weighted by molar-refractivity contribution is 0.445. The fourth-order valence-corrected chi connectivity index (χ4v) is 3.57. The first-order valence-corrected chi connectivity index (χ1v) is 8.19. The van der Waals surface area contributed by atoms with E-state index in [1.165, 1.54) is 5.56 Å². The molecule has 0 N–H and O–H groups in total. The Morgan fingerprint density at radius 1 is 0.783 bits per heavy atom. The van der Waals surface area contributed by atoms with Crippen LogP contribution >= 0.6 is 15.9 Å². The van der Waals surface area contributed by atoms with Crippen molar-refractivity contribution < 1.29 is 9.47 Å². The maximum atomic E-state index is 6.12. The van der Waals surface area contributed by atoms with Gasteiger partial charge in [0.25, 0.3) is 0 Å². The van der Waals surface area contributed by atoms with Crippen molar-refractivity contribution in [2.75, 3.05) is 4.90 Å². The minimum Gasteiger partial charge on any atom is -0.453 e. The molecule has 2 aliphatic rings. The van der Waals surface area contributed by atoms with Crippen LogP contribution in [0.1, 0.15) is 5.56 Å². The second-order valence-electron chi connectivity index (χ2n) is 5.73. The number of anilines is 3. The number of rotatable bonds is 0. The average Bonchev–Trinajstić information content (AvgIpc) is 2.54. The fourth-order valence-electron chi connectivity index (χ4n) is 3.15. The Balaban J connectivity index is 1.87. The van der Waals surface area contributed by atoms with Crippen LogP contribution in [0.2, 0.25) is 0 Å². The molecule has 0 unspecified atom stereocenters. The SMILES string of the molecule is Cc1ccc2c(c1)N1c3ccccc3Oc3cc(Br)cc(c31)O2. The Bertz CT molecular complexity index is 950. The first-order valence-electron chi connectivity index (χ1n) is 7.40. The zero-order valence-corrected chi connectivity index (χ0v) is 13.9. The van der Waals surface area contributed by atoms with Gasteiger partial charge in [0.1, 0.15) is 5.69 Å². The standard InChI is InChI=1S/C19H12BrNO2/c1-11-6-7-16-14(8-11)21-13-4-2-3-5-15(13)22-17-9-12(20)10-18(23-16)19(17)21/h2-10H,1H3. The van der Waals surface area contributed by atoms with Crippen LogP contribution in [0.5, 0.6) is 23.0 Å². The van der Waals surface area contributed by atoms with Crippen molar-refractivity contribution in [3.8, 4) is 23.0 Å². The molecule has 0 bridgehead atoms. The van der Waals surface area contributed by atoms with Crippen molar-refractivity contribution in [3.05, 3.63) is 64.6 Å². The van der Waals surface area contributed by atoms with Crippen LogP contribution in [-0.4, -0.2) is 0 Å². The molecule has 2 heterocycles. The Morgan fingerprint density at radius 3 is 2.26 bits per heavy atom. The van der Waals surface area contributed by atoms with E-state index in [0.717, 1.165) is 44.5 Å². The molecule has 3 aromatic rings. The summed E-state index contributed by atoms with van der Waals surface area (Å²) >= 11 is 3.54. The number of benzene rings is 3. The van der Waals surface area contributed by atoms with Crippen LogP contribution in [0.4, 0.5) is 17.1 Å². The molecule has 0 spiro atoms. The predicted octanol–water partition coefficient (Wildman–Crippen LogP) is 6.44. The average molecular weight is 366 g/mol. The summed E-state index contributed by atoms with van der Waals surface area (Å²) in [6.07, 6.45) is 0. The third-order valence-electron chi connectivity index (χ3n) is 4.13. The lowest BCUT2D eigenvalue weighted by Crippen LogP contribution is -2.20. The lowest BCUT2D eigenvalue weighted by Gasteiger charge is -2.38. The molecule has 0 amide bonds. The summed E-state index contributed by atoms with van der Waals surface area (Å²) in [5.74, 6) is 3.28. The largest absolute Gasteiger partial charge is 0.453 e. The van der Waals surface area contributed by atoms with Gasteiger partial charge in [-0.05, 0) is 48.9 Å². The summed E-state index contributed by atoms with van der Waals surface area (Å²) in [5.41, 5.74) is 4.21. The van der Waals surface area contributed by atoms with Gasteiger partial charge in [-0.15, -0.1) is 0 Å². The molecule has 2 aliphatic heterocycles. The minimum atomic E-state index is 0.792. The minimum absolute atomic E-state index is 0.792. The van der Waals surface area contributed by atoms with Gasteiger partial charge in [-0.25, -0.2) is 0 Å². The Hall–Kier alpha value is -2.46. The highest BCUT2D eigenvalue weighted by Crippen LogP contribution is 2.60. The van der Waals surface area contributed by atoms with E-state index < -0.39 is 0 Å². The summed E-state index contributed by atoms with van der Waals surface area (Å²) in [4.78, 5) is 2.22. The van der Waals surface area contributed by atoms with Crippen molar-refractivity contribution in [1.29, 1.82) is 0 Å². The van der Waals surface area contributed by atoms with E-state index in [9.17, 15) is 0 Å². The van der Waals surface area contributed by atoms with Crippen molar-refractivity contribution in [1.82, 2.24) is 0 Å². The van der Waals surface area contributed by atoms with Gasteiger partial charge in [0.05, 0.1) is 11.4 Å². The Morgan fingerprint density at radius 2 is 1.48 bits per heavy atom. The summed E-state index contributed by atoms with van der Waals surface area (Å²) in [7, 11) is 0. The van der Waals surface area contributed by atoms with Crippen LogP contribution in [0.15, 0.2) is 59.1 Å². The molecule has 0 aliphatic carbocycles. The molecule has 112 valence electrons. The zero-order chi connectivity index (χ0) is 15.6. The van der Waals surface area contributed by atoms with Crippen LogP contribution < -0.4 is 14.4 Å². The highest BCUT2D eigenvalue weighted by molar-refractivity contribution is 9.10. The molecular weight excluding hydrogens is 354 g/mol. The third kappa shape index (κ3) is 1.82. The number of aryl methyl sites for hydroxylation is 1. The number of hydrogen-bond acceptors (Lipinski definition) is 3. The maximum Gasteiger partial charge on any atom is 0.156 e. The van der Waals surface area contributed by atoms with Gasteiger partial charge in [0, 0.05) is 4.47 Å². The van der Waals surface area contributed by atoms with Gasteiger partial charge in [0.2, 0.25) is 0 Å². The number of hydrogen-bond donors (Lipinski definition) is 0. The van der Waals surface area contributed by atoms with Gasteiger partial charge in [-0.2, -0.15) is 0 Å². The Kier molecular flexibility index (Phi) is 2.56. The molecule has 0 radical (unpaired) electrons. The molecular formula is C19H12BrNO2. The molecule has 4 heteroatoms. The van der Waals surface area contributed by atoms with E-state index in [2.05, 4.69) is 46.0 Å². The molecule has 0 saturated heterocycles. The topological polar surface area (TPSA) is 21.7 Å². The van der Waals surface area contributed by atoms with Crippen molar-refractivity contribution in [2.45, 2.75) is 6.92 Å². The van der Waals surface area contributed by atoms with E-state index >= 15 is 0 Å². The highest BCUT2D eigenvalue weighted by atomic mass is 79.9. The van der Waals surface area contributed by atoms with E-state index in [-0.39, 0.29) is 0 Å². The van der Waals surface area contributed by atoms with Crippen molar-refractivity contribution in [3.63, 3.8) is 0 Å². The molecule has 0 fully saturated rings. The maximum absolute atomic E-state index is 6.12. The summed E-state index contributed by atoms with van der Waals surface area (Å²) in [6.45, 7) is 2.09. The summed E-state index contributed by atoms with van der Waals surface area (Å²) < 4.78 is 13.2. The van der Waals surface area contributed by atoms with Crippen molar-refractivity contribution in [2.24, 2.45) is 0 Å². The van der Waals surface area contributed by atoms with Crippen LogP contribution in [0.25, 0.3) is 0 Å². The number of nitrogens with zero attached hydrogens (tertiary/aromatic N) is 1. The quantitative estimate of drug-likeness (QED) is 0.315. The van der Waals surface area contributed by atoms with Crippen LogP contribution in [0.3, 0.4) is 0 Å². The highest BCUT2D eigenvalue weighted by Gasteiger charge is 2.34. The second-order valence-corrected chi connectivity index (χ2v) is 6.64. The predicted molar refractivity (Wildman–Crippen MR) is 93.7 cm³/mol. The molecule has 3 aromatic carbocycles. The van der Waals surface area contributed by atoms with Gasteiger partial charge in [-0.1, -0.05) is 34.1 Å².